The van der Waals surface area contributed by atoms with E-state index in [0.717, 1.165) is 0 Å². The number of carbonyl (C=O) groups excluding carboxylic acids is 1. The first kappa shape index (κ1) is 12.8. The van der Waals surface area contributed by atoms with Crippen LogP contribution in [0, 0.1) is 0 Å². The fourth-order valence-corrected chi connectivity index (χ4v) is 0.738. The van der Waals surface area contributed by atoms with Crippen LogP contribution in [0.25, 0.3) is 10.4 Å². The van der Waals surface area contributed by atoms with Crippen LogP contribution >= 0.6 is 0 Å². The number of aliphatic hydroxyl groups is 4. The van der Waals surface area contributed by atoms with Crippen molar-refractivity contribution in [3.05, 3.63) is 10.4 Å². The third-order valence-corrected chi connectivity index (χ3v) is 1.57. The second kappa shape index (κ2) is 6.30. The molecule has 8 nitrogen and oxygen atoms in total. The summed E-state index contributed by atoms with van der Waals surface area (Å²) in [6.45, 7) is -0.458. The number of carbonyl (C=O) groups is 1. The third-order valence-electron chi connectivity index (χ3n) is 1.57. The Hall–Kier alpha value is -1.18. The molecule has 0 amide bonds. The van der Waals surface area contributed by atoms with Crippen molar-refractivity contribution in [3.8, 4) is 0 Å². The van der Waals surface area contributed by atoms with Gasteiger partial charge >= 0.3 is 0 Å². The van der Waals surface area contributed by atoms with Gasteiger partial charge in [0.1, 0.15) is 18.3 Å². The van der Waals surface area contributed by atoms with Crippen LogP contribution in [0.2, 0.25) is 0 Å². The van der Waals surface area contributed by atoms with E-state index in [1.54, 1.807) is 0 Å². The van der Waals surface area contributed by atoms with Crippen LogP contribution < -0.4 is 0 Å². The van der Waals surface area contributed by atoms with Crippen molar-refractivity contribution in [2.75, 3.05) is 6.54 Å². The summed E-state index contributed by atoms with van der Waals surface area (Å²) in [7, 11) is 0. The lowest BCUT2D eigenvalue weighted by atomic mass is 10.0. The Labute approximate surface area is 79.0 Å². The molecule has 8 heteroatoms. The maximum atomic E-state index is 10.0. The van der Waals surface area contributed by atoms with Gasteiger partial charge in [-0.1, -0.05) is 5.11 Å². The van der Waals surface area contributed by atoms with E-state index >= 15 is 0 Å². The zero-order valence-electron chi connectivity index (χ0n) is 7.13. The predicted octanol–water partition coefficient (Wildman–Crippen LogP) is -2.06. The molecule has 0 aromatic rings. The highest BCUT2D eigenvalue weighted by atomic mass is 16.4. The van der Waals surface area contributed by atoms with E-state index in [0.29, 0.717) is 0 Å². The number of azide groups is 1. The standard InChI is InChI=1S/C6H11N3O5/c7-9-8-1-3(11)5(13)6(14)4(12)2-10/h2-6,11-14H,1H2/t3-,4+,5-,6-/m1/s1. The Morgan fingerprint density at radius 1 is 1.29 bits per heavy atom. The number of hydrogen-bond donors (Lipinski definition) is 4. The molecule has 80 valence electrons. The minimum Gasteiger partial charge on any atom is -0.390 e. The molecule has 0 aliphatic carbocycles. The van der Waals surface area contributed by atoms with E-state index in [2.05, 4.69) is 10.0 Å². The minimum atomic E-state index is -1.81. The van der Waals surface area contributed by atoms with E-state index in [-0.39, 0.29) is 6.29 Å². The fourth-order valence-electron chi connectivity index (χ4n) is 0.738. The first-order valence-electron chi connectivity index (χ1n) is 3.73. The number of aldehydes is 1. The summed E-state index contributed by atoms with van der Waals surface area (Å²) in [5, 5.41) is 38.9. The van der Waals surface area contributed by atoms with Gasteiger partial charge in [0.2, 0.25) is 0 Å². The summed E-state index contributed by atoms with van der Waals surface area (Å²) in [5.74, 6) is 0. The summed E-state index contributed by atoms with van der Waals surface area (Å²) in [4.78, 5) is 12.3. The monoisotopic (exact) mass is 205 g/mol. The fraction of sp³-hybridized carbons (Fsp3) is 0.833. The Morgan fingerprint density at radius 2 is 1.86 bits per heavy atom. The van der Waals surface area contributed by atoms with Gasteiger partial charge in [-0.2, -0.15) is 0 Å². The van der Waals surface area contributed by atoms with Gasteiger partial charge < -0.3 is 25.2 Å². The van der Waals surface area contributed by atoms with E-state index in [1.165, 1.54) is 0 Å². The molecule has 0 bridgehead atoms. The summed E-state index contributed by atoms with van der Waals surface area (Å²) >= 11 is 0. The van der Waals surface area contributed by atoms with Gasteiger partial charge in [-0.25, -0.2) is 0 Å². The molecule has 0 aliphatic rings. The maximum Gasteiger partial charge on any atom is 0.151 e. The molecule has 0 rings (SSSR count). The predicted molar refractivity (Wildman–Crippen MR) is 44.1 cm³/mol. The van der Waals surface area contributed by atoms with E-state index in [4.69, 9.17) is 26.0 Å². The molecule has 0 aliphatic heterocycles. The van der Waals surface area contributed by atoms with Gasteiger partial charge in [-0.15, -0.1) is 0 Å². The molecule has 14 heavy (non-hydrogen) atoms. The smallest absolute Gasteiger partial charge is 0.151 e. The van der Waals surface area contributed by atoms with Crippen molar-refractivity contribution < 1.29 is 25.2 Å². The molecule has 0 saturated carbocycles. The minimum absolute atomic E-state index is 0.0220. The first-order chi connectivity index (χ1) is 6.54. The molecule has 0 aromatic heterocycles. The van der Waals surface area contributed by atoms with Crippen molar-refractivity contribution in [2.45, 2.75) is 24.4 Å². The molecule has 0 saturated heterocycles. The average molecular weight is 205 g/mol. The van der Waals surface area contributed by atoms with Crippen LogP contribution in [0.15, 0.2) is 5.11 Å². The van der Waals surface area contributed by atoms with E-state index in [1.807, 2.05) is 0 Å². The van der Waals surface area contributed by atoms with Crippen molar-refractivity contribution >= 4 is 6.29 Å². The Kier molecular flexibility index (Phi) is 5.77. The lowest BCUT2D eigenvalue weighted by molar-refractivity contribution is -0.132. The Bertz CT molecular complexity index is 230. The summed E-state index contributed by atoms with van der Waals surface area (Å²) < 4.78 is 0. The normalized spacial score (nSPS) is 18.9. The largest absolute Gasteiger partial charge is 0.390 e. The molecule has 0 aromatic carbocycles. The second-order valence-corrected chi connectivity index (χ2v) is 2.59. The van der Waals surface area contributed by atoms with E-state index < -0.39 is 31.0 Å². The molecule has 0 heterocycles. The lowest BCUT2D eigenvalue weighted by Gasteiger charge is -2.22. The summed E-state index contributed by atoms with van der Waals surface area (Å²) in [5.41, 5.74) is 7.89. The van der Waals surface area contributed by atoms with Crippen LogP contribution in [0.3, 0.4) is 0 Å². The second-order valence-electron chi connectivity index (χ2n) is 2.59. The molecule has 0 unspecified atom stereocenters. The molecule has 4 N–H and O–H groups in total. The van der Waals surface area contributed by atoms with Gasteiger partial charge in [0.05, 0.1) is 12.6 Å². The third kappa shape index (κ3) is 3.69. The van der Waals surface area contributed by atoms with Gasteiger partial charge in [0, 0.05) is 4.91 Å². The molecule has 0 radical (unpaired) electrons. The molecule has 0 fully saturated rings. The van der Waals surface area contributed by atoms with Crippen LogP contribution in [0.4, 0.5) is 0 Å². The summed E-state index contributed by atoms with van der Waals surface area (Å²) in [6.07, 6.45) is -6.85. The Balaban J connectivity index is 4.21. The SMILES string of the molecule is [N-]=[N+]=NC[C@@H](O)[C@@H](O)[C@H](O)[C@@H](O)C=O. The highest BCUT2D eigenvalue weighted by molar-refractivity contribution is 5.56. The quantitative estimate of drug-likeness (QED) is 0.170. The molecular formula is C6H11N3O5. The first-order valence-corrected chi connectivity index (χ1v) is 3.73. The van der Waals surface area contributed by atoms with Crippen molar-refractivity contribution in [3.63, 3.8) is 0 Å². The van der Waals surface area contributed by atoms with Gasteiger partial charge in [-0.3, -0.25) is 0 Å². The van der Waals surface area contributed by atoms with Crippen molar-refractivity contribution in [1.82, 2.24) is 0 Å². The van der Waals surface area contributed by atoms with Crippen molar-refractivity contribution in [1.29, 1.82) is 0 Å². The molecular weight excluding hydrogens is 194 g/mol. The van der Waals surface area contributed by atoms with Crippen LogP contribution in [-0.4, -0.2) is 57.7 Å². The Morgan fingerprint density at radius 3 is 2.29 bits per heavy atom. The van der Waals surface area contributed by atoms with Gasteiger partial charge in [-0.05, 0) is 5.53 Å². The van der Waals surface area contributed by atoms with Crippen LogP contribution in [0.5, 0.6) is 0 Å². The van der Waals surface area contributed by atoms with Crippen LogP contribution in [0.1, 0.15) is 0 Å². The highest BCUT2D eigenvalue weighted by Crippen LogP contribution is 2.04. The van der Waals surface area contributed by atoms with Crippen molar-refractivity contribution in [2.24, 2.45) is 5.11 Å². The van der Waals surface area contributed by atoms with E-state index in [9.17, 15) is 4.79 Å². The highest BCUT2D eigenvalue weighted by Gasteiger charge is 2.29. The number of nitrogens with zero attached hydrogens (tertiary/aromatic N) is 3. The number of rotatable bonds is 6. The summed E-state index contributed by atoms with van der Waals surface area (Å²) in [6, 6.07) is 0. The van der Waals surface area contributed by atoms with Crippen LogP contribution in [-0.2, 0) is 4.79 Å². The lowest BCUT2D eigenvalue weighted by Crippen LogP contribution is -2.46. The number of hydrogen-bond acceptors (Lipinski definition) is 6. The zero-order chi connectivity index (χ0) is 11.1. The average Bonchev–Trinajstić information content (AvgIpc) is 2.22. The maximum absolute atomic E-state index is 10.0. The zero-order valence-corrected chi connectivity index (χ0v) is 7.13. The molecule has 0 spiro atoms. The number of aliphatic hydroxyl groups excluding tert-OH is 4. The van der Waals surface area contributed by atoms with Gasteiger partial charge in [0.25, 0.3) is 0 Å². The topological polar surface area (TPSA) is 147 Å². The van der Waals surface area contributed by atoms with Gasteiger partial charge in [0.15, 0.2) is 6.29 Å². The molecule has 4 atom stereocenters.